The van der Waals surface area contributed by atoms with Gasteiger partial charge in [0, 0.05) is 21.5 Å². The van der Waals surface area contributed by atoms with Crippen LogP contribution in [-0.4, -0.2) is 22.5 Å². The molecule has 0 fully saturated rings. The van der Waals surface area contributed by atoms with Crippen molar-refractivity contribution in [1.29, 1.82) is 0 Å². The van der Waals surface area contributed by atoms with Crippen LogP contribution in [0.25, 0.3) is 0 Å². The number of thiophene rings is 1. The molecule has 5 heteroatoms. The Morgan fingerprint density at radius 3 is 2.90 bits per heavy atom. The lowest BCUT2D eigenvalue weighted by Gasteiger charge is -2.32. The molecule has 0 radical (unpaired) electrons. The number of nitrogens with zero attached hydrogens (tertiary/aromatic N) is 1. The molecule has 0 bridgehead atoms. The number of rotatable bonds is 3. The van der Waals surface area contributed by atoms with E-state index in [0.29, 0.717) is 0 Å². The Labute approximate surface area is 135 Å². The molecule has 1 unspecified atom stereocenters. The topological polar surface area (TPSA) is 40.5 Å². The summed E-state index contributed by atoms with van der Waals surface area (Å²) in [5, 5.41) is 11.8. The molecule has 1 aromatic heterocycles. The normalized spacial score (nSPS) is 16.6. The highest BCUT2D eigenvalue weighted by molar-refractivity contribution is 14.1. The van der Waals surface area contributed by atoms with Crippen molar-refractivity contribution in [2.24, 2.45) is 0 Å². The smallest absolute Gasteiger partial charge is 0.325 e. The zero-order valence-corrected chi connectivity index (χ0v) is 13.7. The van der Waals surface area contributed by atoms with Crippen LogP contribution < -0.4 is 0 Å². The first-order valence-corrected chi connectivity index (χ1v) is 8.39. The Morgan fingerprint density at radius 2 is 2.15 bits per heavy atom. The van der Waals surface area contributed by atoms with Gasteiger partial charge in [-0.25, -0.2) is 0 Å². The van der Waals surface area contributed by atoms with Gasteiger partial charge in [-0.15, -0.1) is 11.3 Å². The quantitative estimate of drug-likeness (QED) is 0.803. The summed E-state index contributed by atoms with van der Waals surface area (Å²) in [6, 6.07) is 9.29. The predicted octanol–water partition coefficient (Wildman–Crippen LogP) is 3.54. The molecule has 1 aliphatic heterocycles. The first-order valence-electron chi connectivity index (χ1n) is 6.43. The number of halogens is 1. The number of hydrogen-bond acceptors (Lipinski definition) is 3. The van der Waals surface area contributed by atoms with Gasteiger partial charge in [-0.05, 0) is 57.7 Å². The van der Waals surface area contributed by atoms with E-state index in [1.54, 1.807) is 11.3 Å². The summed E-state index contributed by atoms with van der Waals surface area (Å²) >= 11 is 3.99. The summed E-state index contributed by atoms with van der Waals surface area (Å²) in [6.07, 6.45) is 0.945. The third-order valence-corrected chi connectivity index (χ3v) is 5.64. The number of carboxylic acids is 1. The van der Waals surface area contributed by atoms with Crippen molar-refractivity contribution < 1.29 is 9.90 Å². The van der Waals surface area contributed by atoms with Crippen LogP contribution in [0.4, 0.5) is 0 Å². The molecular formula is C15H14INO2S. The van der Waals surface area contributed by atoms with Crippen LogP contribution in [0.3, 0.4) is 0 Å². The van der Waals surface area contributed by atoms with Gasteiger partial charge in [0.15, 0.2) is 0 Å². The Hall–Kier alpha value is -0.920. The van der Waals surface area contributed by atoms with Crippen LogP contribution in [0.5, 0.6) is 0 Å². The molecule has 1 aromatic carbocycles. The molecule has 1 N–H and O–H groups in total. The zero-order valence-electron chi connectivity index (χ0n) is 10.8. The highest BCUT2D eigenvalue weighted by atomic mass is 127. The van der Waals surface area contributed by atoms with Crippen LogP contribution in [0.1, 0.15) is 22.0 Å². The van der Waals surface area contributed by atoms with Gasteiger partial charge < -0.3 is 5.11 Å². The fourth-order valence-electron chi connectivity index (χ4n) is 2.67. The van der Waals surface area contributed by atoms with Gasteiger partial charge in [0.2, 0.25) is 0 Å². The molecule has 0 aliphatic carbocycles. The maximum Gasteiger partial charge on any atom is 0.325 e. The molecule has 3 nitrogen and oxygen atoms in total. The van der Waals surface area contributed by atoms with Gasteiger partial charge in [-0.2, -0.15) is 0 Å². The monoisotopic (exact) mass is 399 g/mol. The van der Waals surface area contributed by atoms with Crippen molar-refractivity contribution in [2.45, 2.75) is 19.0 Å². The highest BCUT2D eigenvalue weighted by Gasteiger charge is 2.31. The number of fused-ring (bicyclic) bond motifs is 1. The van der Waals surface area contributed by atoms with E-state index in [9.17, 15) is 9.90 Å². The molecule has 0 saturated carbocycles. The van der Waals surface area contributed by atoms with Crippen molar-refractivity contribution >= 4 is 39.9 Å². The van der Waals surface area contributed by atoms with Crippen LogP contribution in [0.15, 0.2) is 35.7 Å². The molecule has 0 spiro atoms. The number of hydrogen-bond donors (Lipinski definition) is 1. The summed E-state index contributed by atoms with van der Waals surface area (Å²) < 4.78 is 1.01. The average molecular weight is 399 g/mol. The van der Waals surface area contributed by atoms with Crippen LogP contribution in [0.2, 0.25) is 0 Å². The van der Waals surface area contributed by atoms with Gasteiger partial charge in [-0.3, -0.25) is 9.69 Å². The Morgan fingerprint density at radius 1 is 1.35 bits per heavy atom. The summed E-state index contributed by atoms with van der Waals surface area (Å²) in [5.41, 5.74) is 2.16. The summed E-state index contributed by atoms with van der Waals surface area (Å²) in [5.74, 6) is -0.771. The lowest BCUT2D eigenvalue weighted by molar-refractivity contribution is -0.144. The predicted molar refractivity (Wildman–Crippen MR) is 88.0 cm³/mol. The SMILES string of the molecule is O=C(O)C(c1ccccc1I)N1CCc2sccc2C1. The minimum absolute atomic E-state index is 0.559. The van der Waals surface area contributed by atoms with Gasteiger partial charge in [0.25, 0.3) is 0 Å². The highest BCUT2D eigenvalue weighted by Crippen LogP contribution is 2.32. The molecule has 0 amide bonds. The largest absolute Gasteiger partial charge is 0.480 e. The number of benzene rings is 1. The second-order valence-corrected chi connectivity index (χ2v) is 7.01. The van der Waals surface area contributed by atoms with Crippen LogP contribution >= 0.6 is 33.9 Å². The maximum absolute atomic E-state index is 11.8. The van der Waals surface area contributed by atoms with Gasteiger partial charge in [0.05, 0.1) is 0 Å². The van der Waals surface area contributed by atoms with E-state index in [2.05, 4.69) is 38.9 Å². The average Bonchev–Trinajstić information content (AvgIpc) is 2.88. The van der Waals surface area contributed by atoms with E-state index < -0.39 is 12.0 Å². The van der Waals surface area contributed by atoms with Crippen molar-refractivity contribution in [3.05, 3.63) is 55.3 Å². The minimum Gasteiger partial charge on any atom is -0.480 e. The van der Waals surface area contributed by atoms with Crippen molar-refractivity contribution in [2.75, 3.05) is 6.54 Å². The van der Waals surface area contributed by atoms with Crippen LogP contribution in [-0.2, 0) is 17.8 Å². The van der Waals surface area contributed by atoms with E-state index >= 15 is 0 Å². The molecule has 0 saturated heterocycles. The Balaban J connectivity index is 1.93. The van der Waals surface area contributed by atoms with Gasteiger partial charge in [-0.1, -0.05) is 18.2 Å². The van der Waals surface area contributed by atoms with Crippen molar-refractivity contribution in [3.8, 4) is 0 Å². The molecule has 20 heavy (non-hydrogen) atoms. The minimum atomic E-state index is -0.771. The third kappa shape index (κ3) is 2.62. The molecule has 1 atom stereocenters. The third-order valence-electron chi connectivity index (χ3n) is 3.64. The second kappa shape index (κ2) is 5.83. The number of aliphatic carboxylic acids is 1. The van der Waals surface area contributed by atoms with E-state index in [1.165, 1.54) is 10.4 Å². The van der Waals surface area contributed by atoms with Crippen molar-refractivity contribution in [1.82, 2.24) is 4.90 Å². The Bertz CT molecular complexity index is 640. The maximum atomic E-state index is 11.8. The van der Waals surface area contributed by atoms with Gasteiger partial charge in [0.1, 0.15) is 6.04 Å². The molecule has 2 heterocycles. The Kier molecular flexibility index (Phi) is 4.09. The van der Waals surface area contributed by atoms with Crippen LogP contribution in [0, 0.1) is 3.57 Å². The number of carboxylic acid groups (broad SMARTS) is 1. The zero-order chi connectivity index (χ0) is 14.1. The van der Waals surface area contributed by atoms with Crippen molar-refractivity contribution in [3.63, 3.8) is 0 Å². The molecule has 3 rings (SSSR count). The fraction of sp³-hybridized carbons (Fsp3) is 0.267. The fourth-order valence-corrected chi connectivity index (χ4v) is 4.25. The van der Waals surface area contributed by atoms with E-state index in [0.717, 1.165) is 28.6 Å². The summed E-state index contributed by atoms with van der Waals surface area (Å²) in [6.45, 7) is 1.52. The molecule has 1 aliphatic rings. The summed E-state index contributed by atoms with van der Waals surface area (Å²) in [4.78, 5) is 15.2. The lowest BCUT2D eigenvalue weighted by Crippen LogP contribution is -2.38. The number of carbonyl (C=O) groups is 1. The standard InChI is InChI=1S/C15H14INO2S/c16-12-4-2-1-3-11(12)14(15(18)19)17-7-5-13-10(9-17)6-8-20-13/h1-4,6,8,14H,5,7,9H2,(H,18,19). The molecule has 2 aromatic rings. The first kappa shape index (κ1) is 14.0. The summed E-state index contributed by atoms with van der Waals surface area (Å²) in [7, 11) is 0. The van der Waals surface area contributed by atoms with Gasteiger partial charge >= 0.3 is 5.97 Å². The second-order valence-electron chi connectivity index (χ2n) is 4.85. The molecular weight excluding hydrogens is 385 g/mol. The lowest BCUT2D eigenvalue weighted by atomic mass is 10.0. The first-order chi connectivity index (χ1) is 9.66. The molecule has 104 valence electrons. The van der Waals surface area contributed by atoms with E-state index in [4.69, 9.17) is 0 Å². The van der Waals surface area contributed by atoms with E-state index in [1.807, 2.05) is 24.3 Å². The van der Waals surface area contributed by atoms with E-state index in [-0.39, 0.29) is 0 Å².